The van der Waals surface area contributed by atoms with Gasteiger partial charge in [0, 0.05) is 25.1 Å². The van der Waals surface area contributed by atoms with E-state index in [0.717, 1.165) is 51.3 Å². The number of hydrogen-bond donors (Lipinski definition) is 1. The monoisotopic (exact) mass is 277 g/mol. The lowest BCUT2D eigenvalue weighted by atomic mass is 9.83. The van der Waals surface area contributed by atoms with Crippen LogP contribution in [0.3, 0.4) is 0 Å². The van der Waals surface area contributed by atoms with Crippen molar-refractivity contribution >= 4 is 0 Å². The summed E-state index contributed by atoms with van der Waals surface area (Å²) in [6.07, 6.45) is 3.38. The van der Waals surface area contributed by atoms with Crippen LogP contribution in [-0.4, -0.2) is 42.9 Å². The van der Waals surface area contributed by atoms with Gasteiger partial charge in [-0.15, -0.1) is 0 Å². The lowest BCUT2D eigenvalue weighted by Gasteiger charge is -2.26. The Morgan fingerprint density at radius 3 is 2.85 bits per heavy atom. The quantitative estimate of drug-likeness (QED) is 0.832. The molecule has 0 bridgehead atoms. The molecule has 1 unspecified atom stereocenters. The highest BCUT2D eigenvalue weighted by molar-refractivity contribution is 5.31. The first-order valence-electron chi connectivity index (χ1n) is 7.71. The first kappa shape index (κ1) is 15.3. The number of benzene rings is 1. The van der Waals surface area contributed by atoms with Gasteiger partial charge < -0.3 is 9.84 Å². The Labute approximate surface area is 122 Å². The van der Waals surface area contributed by atoms with Crippen LogP contribution < -0.4 is 4.74 Å². The van der Waals surface area contributed by atoms with Gasteiger partial charge in [-0.05, 0) is 37.9 Å². The van der Waals surface area contributed by atoms with Crippen molar-refractivity contribution in [2.75, 3.05) is 32.8 Å². The van der Waals surface area contributed by atoms with Crippen molar-refractivity contribution < 1.29 is 9.84 Å². The molecule has 0 amide bonds. The molecule has 0 radical (unpaired) electrons. The SMILES string of the molecule is CCCC1(CO)CCN(CCOc2ccccc2C)C1. The van der Waals surface area contributed by atoms with Crippen LogP contribution in [0.4, 0.5) is 0 Å². The van der Waals surface area contributed by atoms with Crippen molar-refractivity contribution in [3.05, 3.63) is 29.8 Å². The van der Waals surface area contributed by atoms with Gasteiger partial charge in [0.2, 0.25) is 0 Å². The summed E-state index contributed by atoms with van der Waals surface area (Å²) in [5.41, 5.74) is 1.32. The molecule has 0 aliphatic carbocycles. The number of rotatable bonds is 7. The molecule has 1 heterocycles. The van der Waals surface area contributed by atoms with Crippen LogP contribution in [0, 0.1) is 12.3 Å². The predicted molar refractivity (Wildman–Crippen MR) is 82.2 cm³/mol. The molecule has 0 saturated carbocycles. The van der Waals surface area contributed by atoms with Crippen molar-refractivity contribution in [2.45, 2.75) is 33.1 Å². The molecule has 0 aromatic heterocycles. The molecule has 1 fully saturated rings. The standard InChI is InChI=1S/C17H27NO2/c1-3-8-17(14-19)9-10-18(13-17)11-12-20-16-7-5-4-6-15(16)2/h4-7,19H,3,8-14H2,1-2H3. The summed E-state index contributed by atoms with van der Waals surface area (Å²) in [5.74, 6) is 0.980. The Morgan fingerprint density at radius 2 is 2.15 bits per heavy atom. The van der Waals surface area contributed by atoms with Gasteiger partial charge >= 0.3 is 0 Å². The molecule has 2 rings (SSSR count). The van der Waals surface area contributed by atoms with E-state index in [0.29, 0.717) is 6.61 Å². The molecule has 0 spiro atoms. The Morgan fingerprint density at radius 1 is 1.35 bits per heavy atom. The molecule has 1 aliphatic rings. The largest absolute Gasteiger partial charge is 0.492 e. The van der Waals surface area contributed by atoms with E-state index in [9.17, 15) is 5.11 Å². The van der Waals surface area contributed by atoms with Crippen LogP contribution in [0.1, 0.15) is 31.7 Å². The number of likely N-dealkylation sites (tertiary alicyclic amines) is 1. The summed E-state index contributed by atoms with van der Waals surface area (Å²) in [5, 5.41) is 9.65. The minimum atomic E-state index is 0.136. The van der Waals surface area contributed by atoms with Crippen LogP contribution in [0.2, 0.25) is 0 Å². The third kappa shape index (κ3) is 3.74. The Balaban J connectivity index is 1.77. The number of aliphatic hydroxyl groups is 1. The van der Waals surface area contributed by atoms with E-state index in [1.807, 2.05) is 18.2 Å². The van der Waals surface area contributed by atoms with Crippen molar-refractivity contribution in [3.63, 3.8) is 0 Å². The average Bonchev–Trinajstić information content (AvgIpc) is 2.85. The molecular formula is C17H27NO2. The Hall–Kier alpha value is -1.06. The molecule has 1 atom stereocenters. The minimum Gasteiger partial charge on any atom is -0.492 e. The van der Waals surface area contributed by atoms with Crippen LogP contribution >= 0.6 is 0 Å². The highest BCUT2D eigenvalue weighted by Gasteiger charge is 2.36. The summed E-state index contributed by atoms with van der Waals surface area (Å²) in [6.45, 7) is 8.34. The molecular weight excluding hydrogens is 250 g/mol. The summed E-state index contributed by atoms with van der Waals surface area (Å²) >= 11 is 0. The van der Waals surface area contributed by atoms with Gasteiger partial charge in [-0.3, -0.25) is 4.90 Å². The molecule has 112 valence electrons. The van der Waals surface area contributed by atoms with Gasteiger partial charge in [-0.2, -0.15) is 0 Å². The van der Waals surface area contributed by atoms with Gasteiger partial charge in [0.1, 0.15) is 12.4 Å². The topological polar surface area (TPSA) is 32.7 Å². The normalized spacial score (nSPS) is 23.1. The van der Waals surface area contributed by atoms with E-state index in [-0.39, 0.29) is 5.41 Å². The molecule has 3 nitrogen and oxygen atoms in total. The van der Waals surface area contributed by atoms with Crippen LogP contribution in [0.15, 0.2) is 24.3 Å². The number of ether oxygens (including phenoxy) is 1. The molecule has 3 heteroatoms. The van der Waals surface area contributed by atoms with E-state index in [2.05, 4.69) is 24.8 Å². The summed E-state index contributed by atoms with van der Waals surface area (Å²) < 4.78 is 5.86. The number of aliphatic hydroxyl groups excluding tert-OH is 1. The van der Waals surface area contributed by atoms with Gasteiger partial charge in [0.15, 0.2) is 0 Å². The van der Waals surface area contributed by atoms with E-state index in [4.69, 9.17) is 4.74 Å². The second kappa shape index (κ2) is 7.09. The molecule has 1 saturated heterocycles. The van der Waals surface area contributed by atoms with Gasteiger partial charge in [-0.25, -0.2) is 0 Å². The fraction of sp³-hybridized carbons (Fsp3) is 0.647. The second-order valence-corrected chi connectivity index (χ2v) is 6.05. The van der Waals surface area contributed by atoms with Crippen LogP contribution in [-0.2, 0) is 0 Å². The van der Waals surface area contributed by atoms with Crippen molar-refractivity contribution in [2.24, 2.45) is 5.41 Å². The zero-order valence-electron chi connectivity index (χ0n) is 12.8. The fourth-order valence-corrected chi connectivity index (χ4v) is 3.16. The highest BCUT2D eigenvalue weighted by Crippen LogP contribution is 2.34. The summed E-state index contributed by atoms with van der Waals surface area (Å²) in [6, 6.07) is 8.14. The lowest BCUT2D eigenvalue weighted by molar-refractivity contribution is 0.115. The zero-order chi connectivity index (χ0) is 14.4. The third-order valence-corrected chi connectivity index (χ3v) is 4.39. The molecule has 1 N–H and O–H groups in total. The van der Waals surface area contributed by atoms with E-state index in [1.54, 1.807) is 0 Å². The summed E-state index contributed by atoms with van der Waals surface area (Å²) in [7, 11) is 0. The number of hydrogen-bond acceptors (Lipinski definition) is 3. The van der Waals surface area contributed by atoms with E-state index >= 15 is 0 Å². The molecule has 1 aliphatic heterocycles. The minimum absolute atomic E-state index is 0.136. The Kier molecular flexibility index (Phi) is 5.44. The maximum atomic E-state index is 9.65. The first-order valence-corrected chi connectivity index (χ1v) is 7.71. The molecule has 20 heavy (non-hydrogen) atoms. The van der Waals surface area contributed by atoms with Gasteiger partial charge in [0.05, 0.1) is 0 Å². The lowest BCUT2D eigenvalue weighted by Crippen LogP contribution is -2.32. The average molecular weight is 277 g/mol. The van der Waals surface area contributed by atoms with E-state index in [1.165, 1.54) is 5.56 Å². The summed E-state index contributed by atoms with van der Waals surface area (Å²) in [4.78, 5) is 2.42. The van der Waals surface area contributed by atoms with E-state index < -0.39 is 0 Å². The van der Waals surface area contributed by atoms with Crippen LogP contribution in [0.5, 0.6) is 5.75 Å². The Bertz CT molecular complexity index is 421. The highest BCUT2D eigenvalue weighted by atomic mass is 16.5. The van der Waals surface area contributed by atoms with Crippen molar-refractivity contribution in [1.29, 1.82) is 0 Å². The van der Waals surface area contributed by atoms with Crippen molar-refractivity contribution in [3.8, 4) is 5.75 Å². The fourth-order valence-electron chi connectivity index (χ4n) is 3.16. The first-order chi connectivity index (χ1) is 9.69. The van der Waals surface area contributed by atoms with Gasteiger partial charge in [-0.1, -0.05) is 31.5 Å². The smallest absolute Gasteiger partial charge is 0.122 e. The molecule has 1 aromatic carbocycles. The van der Waals surface area contributed by atoms with Crippen LogP contribution in [0.25, 0.3) is 0 Å². The maximum Gasteiger partial charge on any atom is 0.122 e. The third-order valence-electron chi connectivity index (χ3n) is 4.39. The van der Waals surface area contributed by atoms with Crippen molar-refractivity contribution in [1.82, 2.24) is 4.90 Å². The van der Waals surface area contributed by atoms with Gasteiger partial charge in [0.25, 0.3) is 0 Å². The second-order valence-electron chi connectivity index (χ2n) is 6.05. The number of nitrogens with zero attached hydrogens (tertiary/aromatic N) is 1. The maximum absolute atomic E-state index is 9.65. The molecule has 1 aromatic rings. The number of aryl methyl sites for hydroxylation is 1. The predicted octanol–water partition coefficient (Wildman–Crippen LogP) is 2.86. The zero-order valence-corrected chi connectivity index (χ0v) is 12.8. The number of para-hydroxylation sites is 1.